The molecule has 0 saturated carbocycles. The first kappa shape index (κ1) is 60.3. The molecule has 3 aromatic carbocycles. The van der Waals surface area contributed by atoms with Gasteiger partial charge in [-0.15, -0.1) is 22.9 Å². The standard InChI is InChI=1S/C34H41ClN2O7.C17H13B2ClN4O8S2/c1-34(2,3)44-33(39)37(21-20-36-18-6-7-19-36)32(38)28-16-17-29(42-22-24-8-12-26(40-4)13-9-24)31(30(28)35)43-23-25-10-14-27(41-5)15-11-25;1-6(16(27)30-18)32-23-10(9-4-33-7(2)21-9)13(25)22-11-14(26)24-12(17(28)31-19)8(3-20)5-34(29)15(11)24/h8-17H,6-7,18-23H2,1-5H3;4,11,15H,1,3,5H2,2H3,(H,22,25)/b;23-10+/t;11-,15-,34?/m.1/s1. The molecule has 1 N–H and O–H groups in total. The highest BCUT2D eigenvalue weighted by molar-refractivity contribution is 7.86. The van der Waals surface area contributed by atoms with Gasteiger partial charge >= 0.3 is 34.1 Å². The van der Waals surface area contributed by atoms with Crippen molar-refractivity contribution in [1.82, 2.24) is 25.0 Å². The zero-order valence-corrected chi connectivity index (χ0v) is 46.5. The summed E-state index contributed by atoms with van der Waals surface area (Å²) in [6.07, 6.45) is 1.47. The van der Waals surface area contributed by atoms with Gasteiger partial charge in [0.25, 0.3) is 17.7 Å². The second kappa shape index (κ2) is 27.6. The maximum atomic E-state index is 13.9. The van der Waals surface area contributed by atoms with E-state index in [2.05, 4.69) is 36.2 Å². The van der Waals surface area contributed by atoms with Gasteiger partial charge in [-0.2, -0.15) is 0 Å². The number of halogens is 2. The quantitative estimate of drug-likeness (QED) is 0.0208. The van der Waals surface area contributed by atoms with E-state index in [0.717, 1.165) is 58.4 Å². The number of imide groups is 1. The third kappa shape index (κ3) is 15.2. The molecule has 4 aromatic rings. The van der Waals surface area contributed by atoms with Crippen molar-refractivity contribution in [2.24, 2.45) is 5.16 Å². The molecule has 1 unspecified atom stereocenters. The van der Waals surface area contributed by atoms with Crippen molar-refractivity contribution in [3.63, 3.8) is 0 Å². The van der Waals surface area contributed by atoms with Crippen LogP contribution in [0.1, 0.15) is 65.8 Å². The molecular weight excluding hydrogens is 1090 g/mol. The van der Waals surface area contributed by atoms with Gasteiger partial charge in [-0.25, -0.2) is 24.3 Å². The van der Waals surface area contributed by atoms with E-state index in [1.165, 1.54) is 16.7 Å². The molecule has 21 nitrogen and oxygen atoms in total. The normalized spacial score (nSPS) is 17.0. The highest BCUT2D eigenvalue weighted by Crippen LogP contribution is 2.40. The Balaban J connectivity index is 0.000000261. The fourth-order valence-electron chi connectivity index (χ4n) is 7.79. The van der Waals surface area contributed by atoms with Crippen molar-refractivity contribution in [2.75, 3.05) is 52.0 Å². The van der Waals surface area contributed by atoms with E-state index in [-0.39, 0.29) is 64.7 Å². The van der Waals surface area contributed by atoms with Crippen LogP contribution in [0.4, 0.5) is 4.79 Å². The topological polar surface area (TPSA) is 240 Å². The molecule has 0 bridgehead atoms. The number of hydrogen-bond acceptors (Lipinski definition) is 19. The number of hydrogen-bond donors (Lipinski definition) is 1. The fraction of sp³-hybridized carbons (Fsp3) is 0.373. The molecule has 2 saturated heterocycles. The van der Waals surface area contributed by atoms with Crippen LogP contribution in [0.3, 0.4) is 0 Å². The van der Waals surface area contributed by atoms with Gasteiger partial charge in [-0.3, -0.25) is 23.5 Å². The summed E-state index contributed by atoms with van der Waals surface area (Å²) < 4.78 is 49.3. The van der Waals surface area contributed by atoms with Crippen LogP contribution in [0.2, 0.25) is 5.02 Å². The number of amides is 4. The van der Waals surface area contributed by atoms with Crippen LogP contribution < -0.4 is 24.3 Å². The molecule has 2 fully saturated rings. The second-order valence-electron chi connectivity index (χ2n) is 18.2. The highest BCUT2D eigenvalue weighted by atomic mass is 35.5. The lowest BCUT2D eigenvalue weighted by molar-refractivity contribution is -0.149. The number of nitrogens with zero attached hydrogens (tertiary/aromatic N) is 5. The summed E-state index contributed by atoms with van der Waals surface area (Å²) in [6, 6.07) is 16.8. The van der Waals surface area contributed by atoms with Gasteiger partial charge in [0.15, 0.2) is 17.2 Å². The van der Waals surface area contributed by atoms with Crippen molar-refractivity contribution in [2.45, 2.75) is 70.8 Å². The third-order valence-corrected chi connectivity index (χ3v) is 14.8. The van der Waals surface area contributed by atoms with Crippen LogP contribution >= 0.6 is 34.5 Å². The third-order valence-electron chi connectivity index (χ3n) is 11.7. The largest absolute Gasteiger partial charge is 0.539 e. The van der Waals surface area contributed by atoms with E-state index >= 15 is 0 Å². The predicted octanol–water partition coefficient (Wildman–Crippen LogP) is 5.84. The predicted molar refractivity (Wildman–Crippen MR) is 290 cm³/mol. The van der Waals surface area contributed by atoms with E-state index in [1.807, 2.05) is 48.5 Å². The van der Waals surface area contributed by atoms with Gasteiger partial charge < -0.3 is 48.0 Å². The number of carbonyl (C=O) groups is 6. The van der Waals surface area contributed by atoms with Crippen molar-refractivity contribution in [1.29, 1.82) is 0 Å². The average molecular weight is 1150 g/mol. The number of carbonyl (C=O) groups excluding carboxylic acids is 6. The van der Waals surface area contributed by atoms with Gasteiger partial charge in [-0.05, 0) is 113 Å². The van der Waals surface area contributed by atoms with Crippen LogP contribution in [-0.2, 0) is 62.1 Å². The Morgan fingerprint density at radius 1 is 0.936 bits per heavy atom. The van der Waals surface area contributed by atoms with Crippen LogP contribution in [0.15, 0.2) is 94.8 Å². The number of thiazole rings is 1. The smallest absolute Gasteiger partial charge is 0.417 e. The molecule has 0 aliphatic carbocycles. The number of likely N-dealkylation sites (tertiary alicyclic amines) is 1. The van der Waals surface area contributed by atoms with Gasteiger partial charge in [0, 0.05) is 24.3 Å². The summed E-state index contributed by atoms with van der Waals surface area (Å²) >= 11 is 13.9. The molecule has 3 aliphatic rings. The van der Waals surface area contributed by atoms with Crippen molar-refractivity contribution in [3.8, 4) is 23.0 Å². The second-order valence-corrected chi connectivity index (χ2v) is 21.4. The number of methoxy groups -OCH3 is 2. The molecule has 7 rings (SSSR count). The number of aromatic nitrogens is 1. The van der Waals surface area contributed by atoms with Crippen molar-refractivity contribution >= 4 is 103 Å². The zero-order valence-electron chi connectivity index (χ0n) is 43.4. The zero-order chi connectivity index (χ0) is 56.8. The minimum absolute atomic E-state index is 0.0467. The summed E-state index contributed by atoms with van der Waals surface area (Å²) in [4.78, 5) is 89.7. The summed E-state index contributed by atoms with van der Waals surface area (Å²) in [7, 11) is 11.2. The van der Waals surface area contributed by atoms with Gasteiger partial charge in [0.2, 0.25) is 5.76 Å². The maximum Gasteiger partial charge on any atom is 0.417 e. The number of alkyl halides is 1. The summed E-state index contributed by atoms with van der Waals surface area (Å²) in [6.45, 7) is 13.2. The molecule has 4 heterocycles. The van der Waals surface area contributed by atoms with E-state index in [0.29, 0.717) is 17.3 Å². The van der Waals surface area contributed by atoms with E-state index in [4.69, 9.17) is 67.8 Å². The van der Waals surface area contributed by atoms with Crippen LogP contribution in [-0.4, -0.2) is 151 Å². The summed E-state index contributed by atoms with van der Waals surface area (Å²) in [5, 5.41) is 7.02. The lowest BCUT2D eigenvalue weighted by Gasteiger charge is -2.49. The Morgan fingerprint density at radius 3 is 2.09 bits per heavy atom. The monoisotopic (exact) mass is 1150 g/mol. The molecule has 4 amide bonds. The highest BCUT2D eigenvalue weighted by Gasteiger charge is 2.57. The molecule has 0 spiro atoms. The number of benzene rings is 3. The molecule has 410 valence electrons. The number of β-lactam (4-membered cyclic amide) rings is 1. The van der Waals surface area contributed by atoms with Gasteiger partial charge in [0.05, 0.1) is 46.4 Å². The number of nitrogens with one attached hydrogen (secondary N) is 1. The van der Waals surface area contributed by atoms with E-state index in [1.54, 1.807) is 54.0 Å². The van der Waals surface area contributed by atoms with Crippen LogP contribution in [0.25, 0.3) is 0 Å². The molecule has 3 aliphatic heterocycles. The van der Waals surface area contributed by atoms with Crippen molar-refractivity contribution in [3.05, 3.63) is 122 Å². The first-order chi connectivity index (χ1) is 37.2. The summed E-state index contributed by atoms with van der Waals surface area (Å²) in [5.41, 5.74) is 0.743. The Morgan fingerprint density at radius 2 is 1.55 bits per heavy atom. The molecule has 4 radical (unpaired) electrons. The number of fused-ring (bicyclic) bond motifs is 1. The Hall–Kier alpha value is -6.92. The lowest BCUT2D eigenvalue weighted by atomic mass is 10.0. The SMILES string of the molecule is COc1ccc(COc2ccc(C(=O)N(CCN3CCCC3)C(=O)OC(C)(C)C)c(Cl)c2OCc2ccc(OC)cc2)cc1.[B]OC(=O)C(=C)O/N=C(/C(=O)N[C@@H]1C(=O)N2C(C(=O)O[B])=C(CCl)CS(=O)[C@H]12)c1csc(C)n1. The van der Waals surface area contributed by atoms with Gasteiger partial charge in [0.1, 0.15) is 53.1 Å². The minimum atomic E-state index is -1.71. The number of oxime groups is 1. The molecule has 1 aromatic heterocycles. The summed E-state index contributed by atoms with van der Waals surface area (Å²) in [5.74, 6) is -3.35. The fourth-order valence-corrected chi connectivity index (χ4v) is 10.7. The van der Waals surface area contributed by atoms with Gasteiger partial charge in [-0.1, -0.05) is 41.0 Å². The maximum absolute atomic E-state index is 13.9. The molecule has 27 heteroatoms. The first-order valence-electron chi connectivity index (χ1n) is 23.8. The number of ether oxygens (including phenoxy) is 5. The molecule has 3 atom stereocenters. The Labute approximate surface area is 469 Å². The Bertz CT molecular complexity index is 2970. The van der Waals surface area contributed by atoms with Crippen LogP contribution in [0, 0.1) is 6.92 Å². The molecule has 78 heavy (non-hydrogen) atoms. The average Bonchev–Trinajstić information content (AvgIpc) is 4.18. The van der Waals surface area contributed by atoms with Crippen molar-refractivity contribution < 1.29 is 70.8 Å². The van der Waals surface area contributed by atoms with E-state index < -0.39 is 75.0 Å². The number of aryl methyl sites for hydroxylation is 1. The lowest BCUT2D eigenvalue weighted by Crippen LogP contribution is -2.74. The molecular formula is C51H54B2Cl2N6O15S2. The van der Waals surface area contributed by atoms with Crippen LogP contribution in [0.5, 0.6) is 23.0 Å². The Kier molecular flexibility index (Phi) is 21.3. The van der Waals surface area contributed by atoms with E-state index in [9.17, 15) is 33.0 Å². The number of rotatable bonds is 20. The first-order valence-corrected chi connectivity index (χ1v) is 27.0. The minimum Gasteiger partial charge on any atom is -0.539 e.